The van der Waals surface area contributed by atoms with Crippen molar-refractivity contribution in [1.82, 2.24) is 0 Å². The molecule has 0 unspecified atom stereocenters. The van der Waals surface area contributed by atoms with Crippen molar-refractivity contribution in [3.05, 3.63) is 0 Å². The van der Waals surface area contributed by atoms with Gasteiger partial charge < -0.3 is 24.7 Å². The third kappa shape index (κ3) is 93.0. The summed E-state index contributed by atoms with van der Waals surface area (Å²) in [6.07, 6.45) is 0. The topological polar surface area (TPSA) is 109 Å². The van der Waals surface area contributed by atoms with Crippen LogP contribution in [0.4, 0.5) is 0 Å². The first-order chi connectivity index (χ1) is 2.00. The molecule has 4 N–H and O–H groups in total. The second kappa shape index (κ2) is 13.8. The Labute approximate surface area is 129 Å². The fourth-order valence-electron chi connectivity index (χ4n) is 0. The molecule has 9 heteroatoms. The molecule has 0 saturated carbocycles. The molecule has 0 aliphatic rings. The van der Waals surface area contributed by atoms with E-state index in [4.69, 9.17) is 19.2 Å². The second-order valence-corrected chi connectivity index (χ2v) is 1.80. The zero-order chi connectivity index (χ0) is 4.50. The van der Waals surface area contributed by atoms with Gasteiger partial charge in [0, 0.05) is 0 Å². The Hall–Kier alpha value is 3.19. The largest absolute Gasteiger partial charge is 3.00 e. The van der Waals surface area contributed by atoms with Gasteiger partial charge in [0.05, 0.1) is 0 Å². The van der Waals surface area contributed by atoms with Gasteiger partial charge in [-0.15, -0.1) is 0 Å². The molecule has 0 atom stereocenters. The van der Waals surface area contributed by atoms with Crippen molar-refractivity contribution in [2.24, 2.45) is 0 Å². The molecule has 0 aromatic rings. The van der Waals surface area contributed by atoms with Gasteiger partial charge in [-0.25, -0.2) is 0 Å². The third-order valence-electron chi connectivity index (χ3n) is 0. The molecule has 0 aliphatic carbocycles. The Bertz CT molecular complexity index is 32.4. The molecule has 0 fully saturated rings. The monoisotopic (exact) mass is 201 g/mol. The predicted molar refractivity (Wildman–Crippen MR) is 21.1 cm³/mol. The van der Waals surface area contributed by atoms with Gasteiger partial charge in [-0.2, -0.15) is 0 Å². The van der Waals surface area contributed by atoms with Crippen LogP contribution in [0.15, 0.2) is 0 Å². The first-order valence-corrected chi connectivity index (χ1v) is 2.68. The number of hydrogen-bond acceptors (Lipinski definition) is 4. The van der Waals surface area contributed by atoms with Gasteiger partial charge in [-0.3, -0.25) is 0 Å². The Morgan fingerprint density at radius 1 is 0.889 bits per heavy atom. The molecule has 0 radical (unpaired) electrons. The van der Waals surface area contributed by atoms with Crippen molar-refractivity contribution in [1.29, 1.82) is 0 Å². The van der Waals surface area contributed by atoms with Crippen molar-refractivity contribution in [2.75, 3.05) is 0 Å². The summed E-state index contributed by atoms with van der Waals surface area (Å²) in [5.74, 6) is 0. The molecular weight excluding hydrogens is 197 g/mol. The van der Waals surface area contributed by atoms with Crippen LogP contribution >= 0.6 is 0 Å². The second-order valence-electron chi connectivity index (χ2n) is 0.600. The molecule has 0 saturated heterocycles. The quantitative estimate of drug-likeness (QED) is 0.292. The maximum atomic E-state index is 7.33. The maximum Gasteiger partial charge on any atom is 3.00 e. The van der Waals surface area contributed by atoms with E-state index in [1.54, 1.807) is 0 Å². The van der Waals surface area contributed by atoms with E-state index in [2.05, 4.69) is 0 Å². The van der Waals surface area contributed by atoms with Crippen LogP contribution in [0, 0.1) is 0 Å². The average Bonchev–Trinajstić information content (AvgIpc) is 0.722. The summed E-state index contributed by atoms with van der Waals surface area (Å²) in [4.78, 5) is 29.3. The SMILES string of the molecule is O[Si](O)(O)O.[Al+3].[K+].[Na+].[O-2]. The Kier molecular flexibility index (Phi) is 45.1. The minimum absolute atomic E-state index is 0. The van der Waals surface area contributed by atoms with Crippen LogP contribution in [0.25, 0.3) is 0 Å². The minimum Gasteiger partial charge on any atom is -2.00 e. The zero-order valence-electron chi connectivity index (χ0n) is 5.27. The number of hydrogen-bond donors (Lipinski definition) is 4. The Balaban J connectivity index is -0.0000000133. The van der Waals surface area contributed by atoms with E-state index in [0.29, 0.717) is 0 Å². The van der Waals surface area contributed by atoms with Crippen molar-refractivity contribution >= 4 is 26.4 Å². The summed E-state index contributed by atoms with van der Waals surface area (Å²) >= 11 is 0. The molecule has 0 aromatic carbocycles. The van der Waals surface area contributed by atoms with Crippen LogP contribution in [0.5, 0.6) is 0 Å². The Morgan fingerprint density at radius 3 is 0.889 bits per heavy atom. The van der Waals surface area contributed by atoms with Crippen LogP contribution in [0.1, 0.15) is 0 Å². The fourth-order valence-corrected chi connectivity index (χ4v) is 0. The van der Waals surface area contributed by atoms with E-state index in [-0.39, 0.29) is 104 Å². The summed E-state index contributed by atoms with van der Waals surface area (Å²) in [7, 11) is -4.61. The fraction of sp³-hybridized carbons (Fsp3) is 0. The summed E-state index contributed by atoms with van der Waals surface area (Å²) in [6.45, 7) is 0. The molecule has 5 nitrogen and oxygen atoms in total. The van der Waals surface area contributed by atoms with Crippen LogP contribution in [-0.2, 0) is 5.48 Å². The molecule has 9 heavy (non-hydrogen) atoms. The first-order valence-electron chi connectivity index (χ1n) is 0.894. The van der Waals surface area contributed by atoms with Crippen molar-refractivity contribution < 1.29 is 106 Å². The summed E-state index contributed by atoms with van der Waals surface area (Å²) < 4.78 is 0. The van der Waals surface area contributed by atoms with E-state index in [1.165, 1.54) is 0 Å². The van der Waals surface area contributed by atoms with Crippen LogP contribution < -0.4 is 80.9 Å². The third-order valence-corrected chi connectivity index (χ3v) is 0. The van der Waals surface area contributed by atoms with Crippen molar-refractivity contribution in [3.8, 4) is 0 Å². The van der Waals surface area contributed by atoms with E-state index in [0.717, 1.165) is 0 Å². The van der Waals surface area contributed by atoms with E-state index < -0.39 is 9.05 Å². The van der Waals surface area contributed by atoms with Gasteiger partial charge >= 0.3 is 107 Å². The Morgan fingerprint density at radius 2 is 0.889 bits per heavy atom. The van der Waals surface area contributed by atoms with E-state index in [9.17, 15) is 0 Å². The van der Waals surface area contributed by atoms with Gasteiger partial charge in [0.1, 0.15) is 0 Å². The van der Waals surface area contributed by atoms with E-state index in [1.807, 2.05) is 0 Å². The van der Waals surface area contributed by atoms with Crippen molar-refractivity contribution in [3.63, 3.8) is 0 Å². The van der Waals surface area contributed by atoms with Gasteiger partial charge in [-0.1, -0.05) is 0 Å². The van der Waals surface area contributed by atoms with Crippen LogP contribution in [0.3, 0.4) is 0 Å². The minimum atomic E-state index is -4.61. The van der Waals surface area contributed by atoms with Gasteiger partial charge in [0.15, 0.2) is 0 Å². The average molecular weight is 201 g/mol. The normalized spacial score (nSPS) is 6.67. The molecular formula is H4AlKNaO5Si+3. The molecule has 0 amide bonds. The zero-order valence-corrected chi connectivity index (χ0v) is 12.6. The van der Waals surface area contributed by atoms with Crippen LogP contribution in [0.2, 0.25) is 0 Å². The first kappa shape index (κ1) is 29.5. The number of rotatable bonds is 0. The van der Waals surface area contributed by atoms with Gasteiger partial charge in [-0.05, 0) is 0 Å². The summed E-state index contributed by atoms with van der Waals surface area (Å²) in [6, 6.07) is 0. The molecule has 0 rings (SSSR count). The molecule has 0 aliphatic heterocycles. The van der Waals surface area contributed by atoms with Gasteiger partial charge in [0.2, 0.25) is 0 Å². The molecule has 0 bridgehead atoms. The van der Waals surface area contributed by atoms with Crippen LogP contribution in [-0.4, -0.2) is 45.6 Å². The van der Waals surface area contributed by atoms with Crippen molar-refractivity contribution in [2.45, 2.75) is 0 Å². The van der Waals surface area contributed by atoms with E-state index >= 15 is 0 Å². The molecule has 40 valence electrons. The summed E-state index contributed by atoms with van der Waals surface area (Å²) in [5.41, 5.74) is 0. The smallest absolute Gasteiger partial charge is 2.00 e. The molecule has 0 aromatic heterocycles. The standard InChI is InChI=1S/Al.K.Na.H4O4Si.O/c;;;1-5(2,3)4;/h;;;1-4H;/q+3;2*+1;;-2. The predicted octanol–water partition coefficient (Wildman–Crippen LogP) is -9.10. The molecule has 0 heterocycles. The maximum absolute atomic E-state index is 7.33. The summed E-state index contributed by atoms with van der Waals surface area (Å²) in [5, 5.41) is 0. The van der Waals surface area contributed by atoms with Gasteiger partial charge in [0.25, 0.3) is 0 Å². The molecule has 0 spiro atoms.